The van der Waals surface area contributed by atoms with Crippen molar-refractivity contribution in [3.8, 4) is 0 Å². The van der Waals surface area contributed by atoms with E-state index >= 15 is 0 Å². The molecule has 0 fully saturated rings. The van der Waals surface area contributed by atoms with Gasteiger partial charge < -0.3 is 4.57 Å². The van der Waals surface area contributed by atoms with Crippen LogP contribution < -0.4 is 0 Å². The molecule has 2 aromatic rings. The normalized spacial score (nSPS) is 10.8. The van der Waals surface area contributed by atoms with Crippen LogP contribution in [0.3, 0.4) is 0 Å². The lowest BCUT2D eigenvalue weighted by atomic mass is 10.1. The number of benzene rings is 1. The van der Waals surface area contributed by atoms with Crippen LogP contribution in [0, 0.1) is 16.4 Å². The molecule has 0 saturated carbocycles. The Balaban J connectivity index is 2.34. The molecule has 0 aliphatic heterocycles. The molecule has 0 spiro atoms. The highest BCUT2D eigenvalue weighted by molar-refractivity contribution is 7.71. The van der Waals surface area contributed by atoms with Crippen molar-refractivity contribution in [2.75, 3.05) is 0 Å². The Labute approximate surface area is 108 Å². The predicted molar refractivity (Wildman–Crippen MR) is 66.9 cm³/mol. The lowest BCUT2D eigenvalue weighted by molar-refractivity contribution is 0.499. The van der Waals surface area contributed by atoms with Gasteiger partial charge in [0.15, 0.2) is 16.4 Å². The van der Waals surface area contributed by atoms with E-state index in [2.05, 4.69) is 10.2 Å². The molecule has 0 amide bonds. The Bertz CT molecular complexity index is 604. The summed E-state index contributed by atoms with van der Waals surface area (Å²) in [4.78, 5) is 0. The molecule has 0 aliphatic carbocycles. The number of hydrogen-bond donors (Lipinski definition) is 1. The van der Waals surface area contributed by atoms with E-state index in [-0.39, 0.29) is 12.0 Å². The van der Waals surface area contributed by atoms with E-state index in [4.69, 9.17) is 12.2 Å². The quantitative estimate of drug-likeness (QED) is 0.865. The van der Waals surface area contributed by atoms with Crippen LogP contribution in [0.25, 0.3) is 0 Å². The third-order valence-corrected chi connectivity index (χ3v) is 2.98. The number of nitrogens with one attached hydrogen (secondary N) is 1. The first-order chi connectivity index (χ1) is 8.63. The number of hydrogen-bond acceptors (Lipinski definition) is 2. The molecule has 0 saturated heterocycles. The van der Waals surface area contributed by atoms with Crippen LogP contribution in [0.15, 0.2) is 18.2 Å². The summed E-state index contributed by atoms with van der Waals surface area (Å²) in [5.74, 6) is -1.05. The molecule has 1 aromatic carbocycles. The van der Waals surface area contributed by atoms with Crippen molar-refractivity contribution in [3.63, 3.8) is 0 Å². The third-order valence-electron chi connectivity index (χ3n) is 2.66. The van der Waals surface area contributed by atoms with Crippen LogP contribution in [0.2, 0.25) is 0 Å². The highest BCUT2D eigenvalue weighted by atomic mass is 32.1. The van der Waals surface area contributed by atoms with Gasteiger partial charge in [-0.1, -0.05) is 19.1 Å². The molecule has 6 heteroatoms. The monoisotopic (exact) mass is 269 g/mol. The minimum atomic E-state index is -0.844. The highest BCUT2D eigenvalue weighted by Gasteiger charge is 2.12. The summed E-state index contributed by atoms with van der Waals surface area (Å²) in [5, 5.41) is 6.73. The van der Waals surface area contributed by atoms with Crippen LogP contribution in [0.1, 0.15) is 24.7 Å². The Kier molecular flexibility index (Phi) is 3.86. The summed E-state index contributed by atoms with van der Waals surface area (Å²) in [6, 6.07) is 4.13. The Morgan fingerprint density at radius 1 is 1.39 bits per heavy atom. The Morgan fingerprint density at radius 3 is 2.89 bits per heavy atom. The zero-order chi connectivity index (χ0) is 13.1. The molecular formula is C12H13F2N3S. The lowest BCUT2D eigenvalue weighted by Gasteiger charge is -2.06. The van der Waals surface area contributed by atoms with E-state index in [9.17, 15) is 8.78 Å². The number of aromatic amines is 1. The van der Waals surface area contributed by atoms with Gasteiger partial charge in [0.1, 0.15) is 5.82 Å². The van der Waals surface area contributed by atoms with Crippen molar-refractivity contribution in [3.05, 3.63) is 46.0 Å². The van der Waals surface area contributed by atoms with Crippen molar-refractivity contribution in [2.45, 2.75) is 26.3 Å². The fourth-order valence-corrected chi connectivity index (χ4v) is 2.04. The second-order valence-corrected chi connectivity index (χ2v) is 4.37. The third kappa shape index (κ3) is 2.48. The molecule has 2 rings (SSSR count). The Hall–Kier alpha value is -1.56. The fraction of sp³-hybridized carbons (Fsp3) is 0.333. The smallest absolute Gasteiger partial charge is 0.195 e. The minimum absolute atomic E-state index is 0.219. The summed E-state index contributed by atoms with van der Waals surface area (Å²) in [6.45, 7) is 2.73. The molecule has 1 aromatic heterocycles. The van der Waals surface area contributed by atoms with Crippen LogP contribution >= 0.6 is 12.2 Å². The van der Waals surface area contributed by atoms with Gasteiger partial charge in [0.05, 0.1) is 0 Å². The largest absolute Gasteiger partial charge is 0.304 e. The first kappa shape index (κ1) is 12.9. The Morgan fingerprint density at radius 2 is 2.17 bits per heavy atom. The molecule has 1 heterocycles. The minimum Gasteiger partial charge on any atom is -0.304 e. The molecule has 18 heavy (non-hydrogen) atoms. The second kappa shape index (κ2) is 5.39. The second-order valence-electron chi connectivity index (χ2n) is 3.99. The van der Waals surface area contributed by atoms with Gasteiger partial charge in [0.2, 0.25) is 0 Å². The van der Waals surface area contributed by atoms with Gasteiger partial charge in [0, 0.05) is 13.0 Å². The zero-order valence-corrected chi connectivity index (χ0v) is 10.7. The standard InChI is InChI=1S/C12H13F2N3S/c1-2-6-17-10(15-16-12(17)18)7-8-4-3-5-9(13)11(8)14/h3-5H,2,6-7H2,1H3,(H,16,18). The predicted octanol–water partition coefficient (Wildman–Crippen LogP) is 3.22. The number of rotatable bonds is 4. The van der Waals surface area contributed by atoms with Crippen molar-refractivity contribution >= 4 is 12.2 Å². The van der Waals surface area contributed by atoms with E-state index in [1.807, 2.05) is 6.92 Å². The maximum atomic E-state index is 13.6. The molecule has 0 radical (unpaired) electrons. The molecule has 0 unspecified atom stereocenters. The van der Waals surface area contributed by atoms with Gasteiger partial charge in [-0.15, -0.1) is 0 Å². The molecule has 1 N–H and O–H groups in total. The average molecular weight is 269 g/mol. The molecule has 0 bridgehead atoms. The van der Waals surface area contributed by atoms with Gasteiger partial charge in [0.25, 0.3) is 0 Å². The van der Waals surface area contributed by atoms with Crippen molar-refractivity contribution in [1.82, 2.24) is 14.8 Å². The first-order valence-electron chi connectivity index (χ1n) is 5.70. The van der Waals surface area contributed by atoms with E-state index < -0.39 is 11.6 Å². The van der Waals surface area contributed by atoms with E-state index in [0.29, 0.717) is 17.1 Å². The summed E-state index contributed by atoms with van der Waals surface area (Å²) >= 11 is 5.09. The van der Waals surface area contributed by atoms with Gasteiger partial charge in [-0.2, -0.15) is 5.10 Å². The van der Waals surface area contributed by atoms with Crippen LogP contribution in [-0.4, -0.2) is 14.8 Å². The van der Waals surface area contributed by atoms with Crippen molar-refractivity contribution in [1.29, 1.82) is 0 Å². The topological polar surface area (TPSA) is 33.6 Å². The van der Waals surface area contributed by atoms with Crippen molar-refractivity contribution in [2.24, 2.45) is 0 Å². The summed E-state index contributed by atoms with van der Waals surface area (Å²) in [5.41, 5.74) is 0.279. The number of nitrogens with zero attached hydrogens (tertiary/aromatic N) is 2. The van der Waals surface area contributed by atoms with Crippen LogP contribution in [0.5, 0.6) is 0 Å². The van der Waals surface area contributed by atoms with E-state index in [1.54, 1.807) is 10.6 Å². The summed E-state index contributed by atoms with van der Waals surface area (Å²) in [7, 11) is 0. The van der Waals surface area contributed by atoms with Gasteiger partial charge in [-0.3, -0.25) is 5.10 Å². The molecule has 96 valence electrons. The molecule has 3 nitrogen and oxygen atoms in total. The van der Waals surface area contributed by atoms with E-state index in [0.717, 1.165) is 12.5 Å². The van der Waals surface area contributed by atoms with Gasteiger partial charge in [-0.05, 0) is 30.3 Å². The van der Waals surface area contributed by atoms with Crippen LogP contribution in [-0.2, 0) is 13.0 Å². The number of halogens is 2. The first-order valence-corrected chi connectivity index (χ1v) is 6.11. The number of aromatic nitrogens is 3. The maximum absolute atomic E-state index is 13.6. The molecular weight excluding hydrogens is 256 g/mol. The summed E-state index contributed by atoms with van der Waals surface area (Å²) < 4.78 is 29.0. The fourth-order valence-electron chi connectivity index (χ4n) is 1.79. The number of H-pyrrole nitrogens is 1. The maximum Gasteiger partial charge on any atom is 0.195 e. The molecule has 0 aliphatic rings. The van der Waals surface area contributed by atoms with Gasteiger partial charge in [-0.25, -0.2) is 8.78 Å². The SMILES string of the molecule is CCCn1c(Cc2cccc(F)c2F)n[nH]c1=S. The van der Waals surface area contributed by atoms with Crippen molar-refractivity contribution < 1.29 is 8.78 Å². The van der Waals surface area contributed by atoms with E-state index in [1.165, 1.54) is 6.07 Å². The highest BCUT2D eigenvalue weighted by Crippen LogP contribution is 2.15. The van der Waals surface area contributed by atoms with Crippen LogP contribution in [0.4, 0.5) is 8.78 Å². The molecule has 0 atom stereocenters. The summed E-state index contributed by atoms with van der Waals surface area (Å²) in [6.07, 6.45) is 1.11. The lowest BCUT2D eigenvalue weighted by Crippen LogP contribution is -2.06. The average Bonchev–Trinajstić information content (AvgIpc) is 2.68. The van der Waals surface area contributed by atoms with Gasteiger partial charge >= 0.3 is 0 Å². The zero-order valence-electron chi connectivity index (χ0n) is 9.91.